The molecule has 0 aromatic rings. The summed E-state index contributed by atoms with van der Waals surface area (Å²) in [6, 6.07) is 0. The van der Waals surface area contributed by atoms with E-state index in [-0.39, 0.29) is 0 Å². The van der Waals surface area contributed by atoms with Gasteiger partial charge in [0.15, 0.2) is 0 Å². The van der Waals surface area contributed by atoms with Crippen LogP contribution in [0.15, 0.2) is 0 Å². The standard InChI is InChI=1S/C9H19N/c1-7-4-8(6-10)9(2,3)5-7/h7-8H,4-6,10H2,1-3H3/t7-,8-/m0/s1. The summed E-state index contributed by atoms with van der Waals surface area (Å²) < 4.78 is 0. The van der Waals surface area contributed by atoms with Gasteiger partial charge in [0.1, 0.15) is 0 Å². The Morgan fingerprint density at radius 3 is 2.30 bits per heavy atom. The summed E-state index contributed by atoms with van der Waals surface area (Å²) in [7, 11) is 0. The highest BCUT2D eigenvalue weighted by molar-refractivity contribution is 4.88. The summed E-state index contributed by atoms with van der Waals surface area (Å²) in [6.45, 7) is 7.89. The topological polar surface area (TPSA) is 26.0 Å². The molecule has 0 saturated heterocycles. The van der Waals surface area contributed by atoms with Gasteiger partial charge in [-0.15, -0.1) is 0 Å². The summed E-state index contributed by atoms with van der Waals surface area (Å²) in [5, 5.41) is 0. The van der Waals surface area contributed by atoms with Gasteiger partial charge in [-0.25, -0.2) is 0 Å². The van der Waals surface area contributed by atoms with Crippen LogP contribution in [-0.4, -0.2) is 6.54 Å². The lowest BCUT2D eigenvalue weighted by atomic mass is 9.82. The highest BCUT2D eigenvalue weighted by atomic mass is 14.6. The van der Waals surface area contributed by atoms with Gasteiger partial charge in [0.05, 0.1) is 0 Å². The van der Waals surface area contributed by atoms with Crippen LogP contribution in [0, 0.1) is 17.3 Å². The maximum Gasteiger partial charge on any atom is -0.00437 e. The lowest BCUT2D eigenvalue weighted by Crippen LogP contribution is -2.24. The Morgan fingerprint density at radius 2 is 2.10 bits per heavy atom. The van der Waals surface area contributed by atoms with E-state index >= 15 is 0 Å². The summed E-state index contributed by atoms with van der Waals surface area (Å²) >= 11 is 0. The van der Waals surface area contributed by atoms with Crippen LogP contribution in [0.3, 0.4) is 0 Å². The van der Waals surface area contributed by atoms with E-state index in [0.717, 1.165) is 18.4 Å². The van der Waals surface area contributed by atoms with Crippen molar-refractivity contribution in [1.82, 2.24) is 0 Å². The fourth-order valence-corrected chi connectivity index (χ4v) is 2.37. The van der Waals surface area contributed by atoms with Gasteiger partial charge in [0.25, 0.3) is 0 Å². The van der Waals surface area contributed by atoms with Gasteiger partial charge < -0.3 is 5.73 Å². The van der Waals surface area contributed by atoms with Crippen LogP contribution in [-0.2, 0) is 0 Å². The normalized spacial score (nSPS) is 38.4. The van der Waals surface area contributed by atoms with Gasteiger partial charge in [-0.1, -0.05) is 20.8 Å². The molecule has 0 aliphatic heterocycles. The molecule has 0 spiro atoms. The fourth-order valence-electron chi connectivity index (χ4n) is 2.37. The van der Waals surface area contributed by atoms with Gasteiger partial charge in [0, 0.05) is 0 Å². The highest BCUT2D eigenvalue weighted by Gasteiger charge is 2.37. The molecular formula is C9H19N. The molecule has 2 atom stereocenters. The molecule has 1 aliphatic carbocycles. The minimum atomic E-state index is 0.508. The van der Waals surface area contributed by atoms with E-state index in [4.69, 9.17) is 5.73 Å². The van der Waals surface area contributed by atoms with Crippen LogP contribution < -0.4 is 5.73 Å². The van der Waals surface area contributed by atoms with Crippen LogP contribution in [0.5, 0.6) is 0 Å². The molecule has 2 N–H and O–H groups in total. The lowest BCUT2D eigenvalue weighted by Gasteiger charge is -2.25. The highest BCUT2D eigenvalue weighted by Crippen LogP contribution is 2.44. The Bertz CT molecular complexity index is 118. The monoisotopic (exact) mass is 141 g/mol. The Kier molecular flexibility index (Phi) is 2.04. The van der Waals surface area contributed by atoms with E-state index < -0.39 is 0 Å². The average molecular weight is 141 g/mol. The molecule has 0 heterocycles. The van der Waals surface area contributed by atoms with E-state index in [1.807, 2.05) is 0 Å². The van der Waals surface area contributed by atoms with E-state index in [2.05, 4.69) is 20.8 Å². The summed E-state index contributed by atoms with van der Waals surface area (Å²) in [4.78, 5) is 0. The van der Waals surface area contributed by atoms with Crippen molar-refractivity contribution < 1.29 is 0 Å². The van der Waals surface area contributed by atoms with Crippen molar-refractivity contribution in [2.75, 3.05) is 6.54 Å². The quantitative estimate of drug-likeness (QED) is 0.594. The average Bonchev–Trinajstić information content (AvgIpc) is 2.04. The molecule has 0 radical (unpaired) electrons. The zero-order chi connectivity index (χ0) is 7.78. The Labute approximate surface area is 64.0 Å². The van der Waals surface area contributed by atoms with Crippen molar-refractivity contribution in [2.45, 2.75) is 33.6 Å². The molecular weight excluding hydrogens is 122 g/mol. The van der Waals surface area contributed by atoms with Crippen LogP contribution >= 0.6 is 0 Å². The van der Waals surface area contributed by atoms with E-state index in [0.29, 0.717) is 5.41 Å². The van der Waals surface area contributed by atoms with Crippen LogP contribution in [0.4, 0.5) is 0 Å². The first-order valence-corrected chi connectivity index (χ1v) is 4.26. The molecule has 60 valence electrons. The first-order chi connectivity index (χ1) is 4.56. The molecule has 0 aromatic carbocycles. The van der Waals surface area contributed by atoms with Crippen molar-refractivity contribution in [3.05, 3.63) is 0 Å². The summed E-state index contributed by atoms with van der Waals surface area (Å²) in [5.74, 6) is 1.66. The zero-order valence-corrected chi connectivity index (χ0v) is 7.35. The number of hydrogen-bond donors (Lipinski definition) is 1. The third-order valence-electron chi connectivity index (χ3n) is 2.95. The predicted molar refractivity (Wildman–Crippen MR) is 44.7 cm³/mol. The SMILES string of the molecule is C[C@H]1C[C@@H](CN)C(C)(C)C1. The minimum absolute atomic E-state index is 0.508. The van der Waals surface area contributed by atoms with Gasteiger partial charge in [-0.05, 0) is 36.6 Å². The van der Waals surface area contributed by atoms with Crippen molar-refractivity contribution in [3.8, 4) is 0 Å². The second-order valence-corrected chi connectivity index (χ2v) is 4.47. The molecule has 0 aromatic heterocycles. The molecule has 1 nitrogen and oxygen atoms in total. The minimum Gasteiger partial charge on any atom is -0.330 e. The molecule has 0 bridgehead atoms. The van der Waals surface area contributed by atoms with Gasteiger partial charge in [-0.2, -0.15) is 0 Å². The molecule has 1 rings (SSSR count). The molecule has 1 fully saturated rings. The molecule has 1 aliphatic rings. The molecule has 1 saturated carbocycles. The van der Waals surface area contributed by atoms with Crippen LogP contribution in [0.1, 0.15) is 33.6 Å². The fraction of sp³-hybridized carbons (Fsp3) is 1.00. The predicted octanol–water partition coefficient (Wildman–Crippen LogP) is 2.02. The smallest absolute Gasteiger partial charge is 0.00437 e. The van der Waals surface area contributed by atoms with Gasteiger partial charge >= 0.3 is 0 Å². The van der Waals surface area contributed by atoms with Crippen LogP contribution in [0.2, 0.25) is 0 Å². The molecule has 10 heavy (non-hydrogen) atoms. The second kappa shape index (κ2) is 2.54. The van der Waals surface area contributed by atoms with E-state index in [1.54, 1.807) is 0 Å². The Hall–Kier alpha value is -0.0400. The third-order valence-corrected chi connectivity index (χ3v) is 2.95. The maximum absolute atomic E-state index is 5.67. The first-order valence-electron chi connectivity index (χ1n) is 4.26. The van der Waals surface area contributed by atoms with Crippen molar-refractivity contribution >= 4 is 0 Å². The number of nitrogens with two attached hydrogens (primary N) is 1. The van der Waals surface area contributed by atoms with Crippen molar-refractivity contribution in [1.29, 1.82) is 0 Å². The Balaban J connectivity index is 2.58. The van der Waals surface area contributed by atoms with E-state index in [9.17, 15) is 0 Å². The second-order valence-electron chi connectivity index (χ2n) is 4.47. The largest absolute Gasteiger partial charge is 0.330 e. The van der Waals surface area contributed by atoms with Crippen molar-refractivity contribution in [3.63, 3.8) is 0 Å². The summed E-state index contributed by atoms with van der Waals surface area (Å²) in [5.41, 5.74) is 6.18. The number of rotatable bonds is 1. The summed E-state index contributed by atoms with van der Waals surface area (Å²) in [6.07, 6.45) is 2.69. The molecule has 0 amide bonds. The molecule has 1 heteroatoms. The van der Waals surface area contributed by atoms with Crippen LogP contribution in [0.25, 0.3) is 0 Å². The lowest BCUT2D eigenvalue weighted by molar-refractivity contribution is 0.265. The van der Waals surface area contributed by atoms with Gasteiger partial charge in [-0.3, -0.25) is 0 Å². The van der Waals surface area contributed by atoms with E-state index in [1.165, 1.54) is 12.8 Å². The zero-order valence-electron chi connectivity index (χ0n) is 7.35. The maximum atomic E-state index is 5.67. The number of hydrogen-bond acceptors (Lipinski definition) is 1. The molecule has 0 unspecified atom stereocenters. The Morgan fingerprint density at radius 1 is 1.50 bits per heavy atom. The van der Waals surface area contributed by atoms with Crippen molar-refractivity contribution in [2.24, 2.45) is 23.0 Å². The third kappa shape index (κ3) is 1.34. The van der Waals surface area contributed by atoms with Gasteiger partial charge in [0.2, 0.25) is 0 Å². The first kappa shape index (κ1) is 8.06.